The second kappa shape index (κ2) is 7.19. The van der Waals surface area contributed by atoms with Crippen molar-refractivity contribution >= 4 is 29.1 Å². The van der Waals surface area contributed by atoms with E-state index in [0.29, 0.717) is 16.7 Å². The average Bonchev–Trinajstić information content (AvgIpc) is 2.46. The smallest absolute Gasteiger partial charge is 0.260 e. The largest absolute Gasteiger partial charge is 0.484 e. The van der Waals surface area contributed by atoms with Crippen molar-refractivity contribution in [1.29, 1.82) is 0 Å². The quantitative estimate of drug-likeness (QED) is 0.795. The van der Waals surface area contributed by atoms with Crippen LogP contribution in [0.15, 0.2) is 24.3 Å². The van der Waals surface area contributed by atoms with E-state index in [1.807, 2.05) is 11.8 Å². The number of alkyl halides is 1. The maximum atomic E-state index is 12.1. The summed E-state index contributed by atoms with van der Waals surface area (Å²) in [7, 11) is 0. The van der Waals surface area contributed by atoms with Crippen molar-refractivity contribution in [2.45, 2.75) is 25.1 Å². The van der Waals surface area contributed by atoms with Gasteiger partial charge in [-0.25, -0.2) is 0 Å². The highest BCUT2D eigenvalue weighted by atomic mass is 35.5. The molecule has 0 N–H and O–H groups in total. The highest BCUT2D eigenvalue weighted by Gasteiger charge is 2.25. The van der Waals surface area contributed by atoms with E-state index in [4.69, 9.17) is 27.9 Å². The number of likely N-dealkylation sites (tertiary alicyclic amines) is 1. The summed E-state index contributed by atoms with van der Waals surface area (Å²) in [6.07, 6.45) is 1.94. The summed E-state index contributed by atoms with van der Waals surface area (Å²) in [5.74, 6) is 1.20. The lowest BCUT2D eigenvalue weighted by molar-refractivity contribution is -0.134. The van der Waals surface area contributed by atoms with Crippen LogP contribution in [0.1, 0.15) is 19.8 Å². The Morgan fingerprint density at radius 3 is 2.50 bits per heavy atom. The van der Waals surface area contributed by atoms with Crippen molar-refractivity contribution in [3.8, 4) is 5.75 Å². The van der Waals surface area contributed by atoms with Gasteiger partial charge in [0.15, 0.2) is 6.61 Å². The summed E-state index contributed by atoms with van der Waals surface area (Å²) < 4.78 is 5.47. The van der Waals surface area contributed by atoms with Gasteiger partial charge >= 0.3 is 0 Å². The zero-order chi connectivity index (χ0) is 14.5. The van der Waals surface area contributed by atoms with Crippen molar-refractivity contribution in [3.05, 3.63) is 29.3 Å². The first kappa shape index (κ1) is 15.5. The molecule has 1 fully saturated rings. The second-order valence-electron chi connectivity index (χ2n) is 5.14. The monoisotopic (exact) mass is 315 g/mol. The molecule has 1 heterocycles. The number of amides is 1. The van der Waals surface area contributed by atoms with Crippen LogP contribution in [-0.2, 0) is 4.79 Å². The second-order valence-corrected chi connectivity index (χ2v) is 6.26. The average molecular weight is 316 g/mol. The van der Waals surface area contributed by atoms with E-state index in [0.717, 1.165) is 25.9 Å². The molecule has 0 aromatic heterocycles. The van der Waals surface area contributed by atoms with Crippen LogP contribution in [0.25, 0.3) is 0 Å². The summed E-state index contributed by atoms with van der Waals surface area (Å²) in [6, 6.07) is 7.01. The molecule has 1 aromatic rings. The number of carbonyl (C=O) groups excluding carboxylic acids is 1. The van der Waals surface area contributed by atoms with Gasteiger partial charge in [0.2, 0.25) is 0 Å². The molecule has 1 amide bonds. The molecule has 2 rings (SSSR count). The molecule has 3 nitrogen and oxygen atoms in total. The molecule has 1 aliphatic rings. The molecule has 1 aliphatic heterocycles. The maximum Gasteiger partial charge on any atom is 0.260 e. The first-order valence-corrected chi connectivity index (χ1v) is 7.68. The minimum absolute atomic E-state index is 0.0284. The molecule has 0 saturated carbocycles. The number of piperidine rings is 1. The molecule has 0 radical (unpaired) electrons. The van der Waals surface area contributed by atoms with Gasteiger partial charge in [-0.15, -0.1) is 11.6 Å². The number of benzene rings is 1. The van der Waals surface area contributed by atoms with E-state index in [9.17, 15) is 4.79 Å². The van der Waals surface area contributed by atoms with Crippen LogP contribution in [0.5, 0.6) is 5.75 Å². The Balaban J connectivity index is 1.77. The number of rotatable bonds is 4. The van der Waals surface area contributed by atoms with Crippen LogP contribution in [0, 0.1) is 5.92 Å². The Morgan fingerprint density at radius 2 is 1.95 bits per heavy atom. The van der Waals surface area contributed by atoms with E-state index in [2.05, 4.69) is 0 Å². The summed E-state index contributed by atoms with van der Waals surface area (Å²) in [4.78, 5) is 13.9. The van der Waals surface area contributed by atoms with Crippen LogP contribution in [0.3, 0.4) is 0 Å². The Kier molecular flexibility index (Phi) is 5.55. The number of hydrogen-bond donors (Lipinski definition) is 0. The molecule has 1 unspecified atom stereocenters. The SMILES string of the molecule is CC(Cl)C1CCN(C(=O)COc2ccc(Cl)cc2)CC1. The molecule has 110 valence electrons. The van der Waals surface area contributed by atoms with Crippen molar-refractivity contribution in [2.75, 3.05) is 19.7 Å². The first-order valence-electron chi connectivity index (χ1n) is 6.86. The summed E-state index contributed by atoms with van der Waals surface area (Å²) in [5, 5.41) is 0.832. The fourth-order valence-corrected chi connectivity index (χ4v) is 2.75. The molecular weight excluding hydrogens is 297 g/mol. The van der Waals surface area contributed by atoms with Gasteiger partial charge in [0.25, 0.3) is 5.91 Å². The van der Waals surface area contributed by atoms with E-state index in [1.165, 1.54) is 0 Å². The van der Waals surface area contributed by atoms with Crippen molar-refractivity contribution in [3.63, 3.8) is 0 Å². The van der Waals surface area contributed by atoms with Gasteiger partial charge < -0.3 is 9.64 Å². The molecule has 1 saturated heterocycles. The number of carbonyl (C=O) groups is 1. The predicted octanol–water partition coefficient (Wildman–Crippen LogP) is 3.58. The molecule has 1 aromatic carbocycles. The van der Waals surface area contributed by atoms with Gasteiger partial charge in [0.05, 0.1) is 0 Å². The number of hydrogen-bond acceptors (Lipinski definition) is 2. The molecule has 1 atom stereocenters. The number of ether oxygens (including phenoxy) is 1. The normalized spacial score (nSPS) is 17.9. The van der Waals surface area contributed by atoms with Gasteiger partial charge in [-0.05, 0) is 49.9 Å². The van der Waals surface area contributed by atoms with Gasteiger partial charge in [-0.2, -0.15) is 0 Å². The van der Waals surface area contributed by atoms with E-state index in [-0.39, 0.29) is 17.9 Å². The van der Waals surface area contributed by atoms with Crippen molar-refractivity contribution in [2.24, 2.45) is 5.92 Å². The maximum absolute atomic E-state index is 12.1. The standard InChI is InChI=1S/C15H19Cl2NO2/c1-11(16)12-6-8-18(9-7-12)15(19)10-20-14-4-2-13(17)3-5-14/h2-5,11-12H,6-10H2,1H3. The predicted molar refractivity (Wildman–Crippen MR) is 81.6 cm³/mol. The molecule has 0 bridgehead atoms. The van der Waals surface area contributed by atoms with Gasteiger partial charge in [-0.3, -0.25) is 4.79 Å². The van der Waals surface area contributed by atoms with Crippen molar-refractivity contribution in [1.82, 2.24) is 4.90 Å². The third-order valence-corrected chi connectivity index (χ3v) is 4.33. The minimum Gasteiger partial charge on any atom is -0.484 e. The van der Waals surface area contributed by atoms with Gasteiger partial charge in [0, 0.05) is 23.5 Å². The Morgan fingerprint density at radius 1 is 1.35 bits per heavy atom. The molecular formula is C15H19Cl2NO2. The zero-order valence-electron chi connectivity index (χ0n) is 11.5. The third-order valence-electron chi connectivity index (χ3n) is 3.72. The summed E-state index contributed by atoms with van der Waals surface area (Å²) in [5.41, 5.74) is 0. The third kappa shape index (κ3) is 4.29. The topological polar surface area (TPSA) is 29.5 Å². The lowest BCUT2D eigenvalue weighted by Gasteiger charge is -2.33. The van der Waals surface area contributed by atoms with E-state index >= 15 is 0 Å². The number of halogens is 2. The fourth-order valence-electron chi connectivity index (χ4n) is 2.38. The van der Waals surface area contributed by atoms with Crippen LogP contribution in [0.4, 0.5) is 0 Å². The summed E-state index contributed by atoms with van der Waals surface area (Å²) in [6.45, 7) is 3.63. The summed E-state index contributed by atoms with van der Waals surface area (Å²) >= 11 is 11.9. The van der Waals surface area contributed by atoms with Crippen LogP contribution in [-0.4, -0.2) is 35.9 Å². The van der Waals surface area contributed by atoms with E-state index in [1.54, 1.807) is 24.3 Å². The lowest BCUT2D eigenvalue weighted by atomic mass is 9.94. The highest BCUT2D eigenvalue weighted by Crippen LogP contribution is 2.24. The van der Waals surface area contributed by atoms with Crippen LogP contribution in [0.2, 0.25) is 5.02 Å². The van der Waals surface area contributed by atoms with Crippen LogP contribution >= 0.6 is 23.2 Å². The van der Waals surface area contributed by atoms with E-state index < -0.39 is 0 Å². The minimum atomic E-state index is 0.0284. The Hall–Kier alpha value is -0.930. The number of nitrogens with zero attached hydrogens (tertiary/aromatic N) is 1. The molecule has 0 aliphatic carbocycles. The van der Waals surface area contributed by atoms with Crippen molar-refractivity contribution < 1.29 is 9.53 Å². The molecule has 5 heteroatoms. The molecule has 20 heavy (non-hydrogen) atoms. The van der Waals surface area contributed by atoms with Gasteiger partial charge in [-0.1, -0.05) is 11.6 Å². The molecule has 0 spiro atoms. The van der Waals surface area contributed by atoms with Crippen LogP contribution < -0.4 is 4.74 Å². The Bertz CT molecular complexity index is 440. The first-order chi connectivity index (χ1) is 9.56. The zero-order valence-corrected chi connectivity index (χ0v) is 13.0. The lowest BCUT2D eigenvalue weighted by Crippen LogP contribution is -2.42. The van der Waals surface area contributed by atoms with Gasteiger partial charge in [0.1, 0.15) is 5.75 Å². The Labute approximate surface area is 129 Å². The fraction of sp³-hybridized carbons (Fsp3) is 0.533. The highest BCUT2D eigenvalue weighted by molar-refractivity contribution is 6.30.